The normalized spacial score (nSPS) is 11.8. The van der Waals surface area contributed by atoms with E-state index in [-0.39, 0.29) is 0 Å². The molecule has 73 heavy (non-hydrogen) atoms. The summed E-state index contributed by atoms with van der Waals surface area (Å²) in [5.41, 5.74) is 13.4. The maximum Gasteiger partial charge on any atom is 0.349 e. The molecule has 2 aromatic heterocycles. The molecule has 0 spiro atoms. The number of hydrogen-bond acceptors (Lipinski definition) is 6. The van der Waals surface area contributed by atoms with Crippen LogP contribution in [0, 0.1) is 0 Å². The van der Waals surface area contributed by atoms with Crippen molar-refractivity contribution in [3.05, 3.63) is 265 Å². The molecule has 0 radical (unpaired) electrons. The fourth-order valence-electron chi connectivity index (χ4n) is 9.03. The Balaban J connectivity index is 0.000000169. The van der Waals surface area contributed by atoms with Crippen LogP contribution >= 0.6 is 0 Å². The monoisotopic (exact) mass is 958 g/mol. The number of carboxylic acids is 2. The van der Waals surface area contributed by atoms with Gasteiger partial charge in [-0.1, -0.05) is 200 Å². The lowest BCUT2D eigenvalue weighted by Gasteiger charge is -2.16. The van der Waals surface area contributed by atoms with Gasteiger partial charge in [-0.2, -0.15) is 0 Å². The molecule has 0 unspecified atom stereocenters. The molecule has 8 nitrogen and oxygen atoms in total. The van der Waals surface area contributed by atoms with Gasteiger partial charge in [0.25, 0.3) is 0 Å². The van der Waals surface area contributed by atoms with E-state index < -0.39 is 24.1 Å². The molecule has 9 aromatic carbocycles. The first-order valence-corrected chi connectivity index (χ1v) is 24.1. The molecule has 0 aliphatic heterocycles. The first-order chi connectivity index (χ1) is 35.7. The Morgan fingerprint density at radius 1 is 0.397 bits per heavy atom. The summed E-state index contributed by atoms with van der Waals surface area (Å²) in [5, 5.41) is 20.9. The number of benzene rings is 9. The standard InChI is InChI=1S/C35H26O4.C30H24O4/c36-35(37)34(28-11-5-2-6-12-28)38-29-21-19-26(20-22-29)25-15-17-27(18-16-25)33-30-13-7-8-14-31(30)39-32(33)23-24-9-3-1-4-10-24;1-20(30(31)32)33-25-17-15-23(16-18-25)22-11-13-24(14-12-22)29-26-9-5-6-10-27(26)34-28(29)19-21-7-3-2-4-8-21/h1-22,34H,23H2,(H,36,37);2-18,20H,19H2,1H3,(H,31,32)/t34-;20-/m11/s1. The molecule has 0 amide bonds. The van der Waals surface area contributed by atoms with Crippen molar-refractivity contribution in [2.24, 2.45) is 0 Å². The lowest BCUT2D eigenvalue weighted by molar-refractivity contribution is -0.145. The van der Waals surface area contributed by atoms with Gasteiger partial charge in [-0.05, 0) is 87.8 Å². The summed E-state index contributed by atoms with van der Waals surface area (Å²) in [6.45, 7) is 1.51. The van der Waals surface area contributed by atoms with Crippen LogP contribution in [0.25, 0.3) is 66.4 Å². The first-order valence-electron chi connectivity index (χ1n) is 24.1. The molecule has 2 heterocycles. The van der Waals surface area contributed by atoms with Gasteiger partial charge >= 0.3 is 11.9 Å². The highest BCUT2D eigenvalue weighted by atomic mass is 16.5. The molecule has 11 rings (SSSR count). The summed E-state index contributed by atoms with van der Waals surface area (Å²) < 4.78 is 23.8. The smallest absolute Gasteiger partial charge is 0.349 e. The Labute approximate surface area is 423 Å². The van der Waals surface area contributed by atoms with Gasteiger partial charge < -0.3 is 28.5 Å². The number of carbonyl (C=O) groups is 2. The molecule has 2 atom stereocenters. The third-order valence-electron chi connectivity index (χ3n) is 12.7. The van der Waals surface area contributed by atoms with Gasteiger partial charge in [0.2, 0.25) is 6.10 Å². The van der Waals surface area contributed by atoms with Crippen molar-refractivity contribution in [2.45, 2.75) is 32.0 Å². The van der Waals surface area contributed by atoms with E-state index in [4.69, 9.17) is 23.4 Å². The van der Waals surface area contributed by atoms with Crippen LogP contribution in [0.15, 0.2) is 245 Å². The van der Waals surface area contributed by atoms with Crippen LogP contribution in [-0.4, -0.2) is 28.3 Å². The minimum atomic E-state index is -1.06. The molecular formula is C65H50O8. The van der Waals surface area contributed by atoms with E-state index in [1.165, 1.54) is 18.1 Å². The Bertz CT molecular complexity index is 3600. The highest BCUT2D eigenvalue weighted by Crippen LogP contribution is 2.39. The second-order valence-corrected chi connectivity index (χ2v) is 17.7. The fraction of sp³-hybridized carbons (Fsp3) is 0.0769. The lowest BCUT2D eigenvalue weighted by atomic mass is 9.96. The largest absolute Gasteiger partial charge is 0.479 e. The quantitative estimate of drug-likeness (QED) is 0.104. The van der Waals surface area contributed by atoms with Crippen molar-refractivity contribution < 1.29 is 38.1 Å². The number of hydrogen-bond donors (Lipinski definition) is 2. The Morgan fingerprint density at radius 2 is 0.740 bits per heavy atom. The van der Waals surface area contributed by atoms with Crippen LogP contribution in [-0.2, 0) is 22.4 Å². The fourth-order valence-corrected chi connectivity index (χ4v) is 9.03. The molecule has 11 aromatic rings. The van der Waals surface area contributed by atoms with Gasteiger partial charge in [-0.25, -0.2) is 9.59 Å². The minimum absolute atomic E-state index is 0.502. The van der Waals surface area contributed by atoms with Crippen molar-refractivity contribution >= 4 is 33.9 Å². The van der Waals surface area contributed by atoms with Gasteiger partial charge in [0.05, 0.1) is 0 Å². The summed E-state index contributed by atoms with van der Waals surface area (Å²) in [6, 6.07) is 77.8. The third-order valence-corrected chi connectivity index (χ3v) is 12.7. The molecule has 0 aliphatic rings. The maximum atomic E-state index is 11.8. The second-order valence-electron chi connectivity index (χ2n) is 17.7. The van der Waals surface area contributed by atoms with E-state index in [0.29, 0.717) is 23.5 Å². The molecule has 0 aliphatic carbocycles. The average molecular weight is 959 g/mol. The van der Waals surface area contributed by atoms with Gasteiger partial charge in [-0.15, -0.1) is 0 Å². The van der Waals surface area contributed by atoms with E-state index in [0.717, 1.165) is 84.4 Å². The van der Waals surface area contributed by atoms with E-state index in [9.17, 15) is 14.7 Å². The zero-order valence-electron chi connectivity index (χ0n) is 39.9. The molecular weight excluding hydrogens is 909 g/mol. The molecule has 0 saturated heterocycles. The molecule has 358 valence electrons. The van der Waals surface area contributed by atoms with Crippen molar-refractivity contribution in [3.8, 4) is 56.0 Å². The topological polar surface area (TPSA) is 119 Å². The maximum absolute atomic E-state index is 11.8. The zero-order valence-corrected chi connectivity index (χ0v) is 39.9. The second kappa shape index (κ2) is 21.7. The summed E-state index contributed by atoms with van der Waals surface area (Å²) in [6.07, 6.45) is -0.511. The SMILES string of the molecule is C[C@@H](Oc1ccc(-c2ccc(-c3c(Cc4ccccc4)oc4ccccc34)cc2)cc1)C(=O)O.O=C(O)[C@H](Oc1ccc(-c2ccc(-c3c(Cc4ccccc4)oc4ccccc34)cc2)cc1)c1ccccc1. The highest BCUT2D eigenvalue weighted by Gasteiger charge is 2.22. The number of rotatable bonds is 15. The van der Waals surface area contributed by atoms with Crippen molar-refractivity contribution in [3.63, 3.8) is 0 Å². The van der Waals surface area contributed by atoms with E-state index in [2.05, 4.69) is 84.9 Å². The Hall–Kier alpha value is -9.40. The molecule has 2 N–H and O–H groups in total. The van der Waals surface area contributed by atoms with Crippen LogP contribution < -0.4 is 9.47 Å². The number of furan rings is 2. The van der Waals surface area contributed by atoms with Crippen LogP contribution in [0.1, 0.15) is 41.2 Å². The average Bonchev–Trinajstić information content (AvgIpc) is 3.99. The van der Waals surface area contributed by atoms with E-state index >= 15 is 0 Å². The van der Waals surface area contributed by atoms with Crippen molar-refractivity contribution in [2.75, 3.05) is 0 Å². The molecule has 0 bridgehead atoms. The third kappa shape index (κ3) is 11.0. The lowest BCUT2D eigenvalue weighted by Crippen LogP contribution is -2.22. The summed E-state index contributed by atoms with van der Waals surface area (Å²) in [5.74, 6) is 0.919. The molecule has 8 heteroatoms. The van der Waals surface area contributed by atoms with E-state index in [1.54, 1.807) is 36.4 Å². The minimum Gasteiger partial charge on any atom is -0.479 e. The number of carboxylic acid groups (broad SMARTS) is 2. The number of ether oxygens (including phenoxy) is 2. The van der Waals surface area contributed by atoms with Crippen LogP contribution in [0.5, 0.6) is 11.5 Å². The Morgan fingerprint density at radius 3 is 1.14 bits per heavy atom. The predicted molar refractivity (Wildman–Crippen MR) is 288 cm³/mol. The van der Waals surface area contributed by atoms with Crippen LogP contribution in [0.3, 0.4) is 0 Å². The van der Waals surface area contributed by atoms with Gasteiger partial charge in [0.15, 0.2) is 6.10 Å². The van der Waals surface area contributed by atoms with Gasteiger partial charge in [-0.3, -0.25) is 0 Å². The van der Waals surface area contributed by atoms with Crippen molar-refractivity contribution in [1.82, 2.24) is 0 Å². The van der Waals surface area contributed by atoms with Crippen LogP contribution in [0.2, 0.25) is 0 Å². The number of para-hydroxylation sites is 2. The molecule has 0 fully saturated rings. The number of aliphatic carboxylic acids is 2. The predicted octanol–water partition coefficient (Wildman–Crippen LogP) is 15.8. The molecule has 0 saturated carbocycles. The highest BCUT2D eigenvalue weighted by molar-refractivity contribution is 5.97. The summed E-state index contributed by atoms with van der Waals surface area (Å²) >= 11 is 0. The summed E-state index contributed by atoms with van der Waals surface area (Å²) in [7, 11) is 0. The van der Waals surface area contributed by atoms with E-state index in [1.807, 2.05) is 115 Å². The number of fused-ring (bicyclic) bond motifs is 2. The summed E-state index contributed by atoms with van der Waals surface area (Å²) in [4.78, 5) is 22.8. The first kappa shape index (κ1) is 47.3. The van der Waals surface area contributed by atoms with Gasteiger partial charge in [0.1, 0.15) is 34.2 Å². The Kier molecular flexibility index (Phi) is 14.1. The zero-order chi connectivity index (χ0) is 50.1. The van der Waals surface area contributed by atoms with Gasteiger partial charge in [0, 0.05) is 40.3 Å². The van der Waals surface area contributed by atoms with Crippen molar-refractivity contribution in [1.29, 1.82) is 0 Å². The van der Waals surface area contributed by atoms with Crippen LogP contribution in [0.4, 0.5) is 0 Å².